The van der Waals surface area contributed by atoms with Crippen LogP contribution in [-0.2, 0) is 6.42 Å². The fourth-order valence-corrected chi connectivity index (χ4v) is 2.42. The van der Waals surface area contributed by atoms with Gasteiger partial charge < -0.3 is 10.8 Å². The lowest BCUT2D eigenvalue weighted by molar-refractivity contribution is 0.297. The average molecular weight is 332 g/mol. The molecule has 0 saturated carbocycles. The quantitative estimate of drug-likeness (QED) is 0.847. The number of nitriles is 1. The van der Waals surface area contributed by atoms with Crippen molar-refractivity contribution in [2.45, 2.75) is 6.42 Å². The number of aliphatic hydroxyl groups is 1. The van der Waals surface area contributed by atoms with Crippen LogP contribution in [-0.4, -0.2) is 21.5 Å². The Kier molecular flexibility index (Phi) is 4.41. The first kappa shape index (κ1) is 14.9. The van der Waals surface area contributed by atoms with Gasteiger partial charge in [-0.05, 0) is 12.1 Å². The number of halogens is 3. The van der Waals surface area contributed by atoms with Gasteiger partial charge in [0.05, 0.1) is 26.4 Å². The van der Waals surface area contributed by atoms with Crippen molar-refractivity contribution < 1.29 is 5.11 Å². The van der Waals surface area contributed by atoms with Gasteiger partial charge >= 0.3 is 0 Å². The van der Waals surface area contributed by atoms with Gasteiger partial charge in [-0.25, -0.2) is 4.68 Å². The van der Waals surface area contributed by atoms with E-state index in [-0.39, 0.29) is 34.5 Å². The van der Waals surface area contributed by atoms with Gasteiger partial charge in [0.15, 0.2) is 5.82 Å². The van der Waals surface area contributed by atoms with E-state index in [2.05, 4.69) is 5.10 Å². The van der Waals surface area contributed by atoms with Crippen molar-refractivity contribution in [2.24, 2.45) is 0 Å². The molecule has 104 valence electrons. The molecule has 8 heteroatoms. The second-order valence-corrected chi connectivity index (χ2v) is 5.06. The molecule has 1 aromatic heterocycles. The van der Waals surface area contributed by atoms with E-state index in [0.29, 0.717) is 16.4 Å². The first-order chi connectivity index (χ1) is 9.51. The molecule has 2 aromatic rings. The van der Waals surface area contributed by atoms with Crippen LogP contribution in [0.2, 0.25) is 15.1 Å². The molecule has 0 radical (unpaired) electrons. The first-order valence-electron chi connectivity index (χ1n) is 5.53. The van der Waals surface area contributed by atoms with Crippen molar-refractivity contribution in [3.63, 3.8) is 0 Å². The van der Waals surface area contributed by atoms with Crippen LogP contribution in [0.25, 0.3) is 5.69 Å². The number of anilines is 1. The summed E-state index contributed by atoms with van der Waals surface area (Å²) in [6.45, 7) is -0.154. The molecule has 0 spiro atoms. The average Bonchev–Trinajstić information content (AvgIpc) is 2.73. The van der Waals surface area contributed by atoms with Gasteiger partial charge in [-0.2, -0.15) is 5.26 Å². The lowest BCUT2D eigenvalue weighted by Gasteiger charge is -2.10. The lowest BCUT2D eigenvalue weighted by atomic mass is 10.2. The van der Waals surface area contributed by atoms with Gasteiger partial charge in [-0.1, -0.05) is 34.8 Å². The van der Waals surface area contributed by atoms with Crippen molar-refractivity contribution in [3.8, 4) is 11.8 Å². The Morgan fingerprint density at radius 1 is 1.30 bits per heavy atom. The van der Waals surface area contributed by atoms with E-state index >= 15 is 0 Å². The van der Waals surface area contributed by atoms with Crippen LogP contribution in [0.1, 0.15) is 11.3 Å². The Morgan fingerprint density at radius 2 is 2.00 bits per heavy atom. The van der Waals surface area contributed by atoms with Crippen molar-refractivity contribution in [1.29, 1.82) is 5.26 Å². The summed E-state index contributed by atoms with van der Waals surface area (Å²) < 4.78 is 1.40. The van der Waals surface area contributed by atoms with Crippen LogP contribution in [0.4, 0.5) is 5.82 Å². The maximum atomic E-state index is 9.12. The molecule has 5 nitrogen and oxygen atoms in total. The SMILES string of the molecule is N#Cc1c(N)nn(-c2ccc(Cl)c(Cl)c2Cl)c1CCO. The minimum atomic E-state index is -0.154. The molecule has 0 fully saturated rings. The van der Waals surface area contributed by atoms with Crippen molar-refractivity contribution >= 4 is 40.6 Å². The highest BCUT2D eigenvalue weighted by Crippen LogP contribution is 2.35. The number of nitrogens with two attached hydrogens (primary N) is 1. The number of aliphatic hydroxyl groups excluding tert-OH is 1. The molecule has 1 aromatic carbocycles. The highest BCUT2D eigenvalue weighted by Gasteiger charge is 2.19. The predicted molar refractivity (Wildman–Crippen MR) is 78.5 cm³/mol. The van der Waals surface area contributed by atoms with Crippen LogP contribution in [0.5, 0.6) is 0 Å². The fraction of sp³-hybridized carbons (Fsp3) is 0.167. The molecule has 0 aliphatic carbocycles. The van der Waals surface area contributed by atoms with Crippen molar-refractivity contribution in [3.05, 3.63) is 38.5 Å². The van der Waals surface area contributed by atoms with Crippen LogP contribution < -0.4 is 5.73 Å². The summed E-state index contributed by atoms with van der Waals surface area (Å²) in [6.07, 6.45) is 0.212. The summed E-state index contributed by atoms with van der Waals surface area (Å²) in [5, 5.41) is 23.0. The molecule has 0 aliphatic rings. The van der Waals surface area contributed by atoms with E-state index in [0.717, 1.165) is 0 Å². The Balaban J connectivity index is 2.71. The zero-order valence-electron chi connectivity index (χ0n) is 10.1. The van der Waals surface area contributed by atoms with Gasteiger partial charge in [-0.3, -0.25) is 0 Å². The molecule has 0 atom stereocenters. The molecule has 2 rings (SSSR count). The maximum Gasteiger partial charge on any atom is 0.164 e. The Labute approximate surface area is 130 Å². The maximum absolute atomic E-state index is 9.12. The summed E-state index contributed by atoms with van der Waals surface area (Å²) in [5.41, 5.74) is 6.82. The number of hydrogen-bond donors (Lipinski definition) is 2. The Morgan fingerprint density at radius 3 is 2.60 bits per heavy atom. The Bertz CT molecular complexity index is 706. The van der Waals surface area contributed by atoms with E-state index in [1.165, 1.54) is 4.68 Å². The third-order valence-corrected chi connectivity index (χ3v) is 4.00. The standard InChI is InChI=1S/C12H9Cl3N4O/c13-7-1-2-9(11(15)10(7)14)19-8(3-4-20)6(5-16)12(17)18-19/h1-2,20H,3-4H2,(H2,17,18). The largest absolute Gasteiger partial charge is 0.396 e. The molecule has 0 aliphatic heterocycles. The van der Waals surface area contributed by atoms with E-state index in [9.17, 15) is 0 Å². The van der Waals surface area contributed by atoms with Crippen LogP contribution in [0.3, 0.4) is 0 Å². The third-order valence-electron chi connectivity index (χ3n) is 2.71. The molecule has 0 saturated heterocycles. The normalized spacial score (nSPS) is 10.6. The monoisotopic (exact) mass is 330 g/mol. The zero-order chi connectivity index (χ0) is 14.9. The first-order valence-corrected chi connectivity index (χ1v) is 6.66. The Hall–Kier alpha value is -1.45. The van der Waals surface area contributed by atoms with Crippen LogP contribution >= 0.6 is 34.8 Å². The molecule has 3 N–H and O–H groups in total. The van der Waals surface area contributed by atoms with Crippen molar-refractivity contribution in [1.82, 2.24) is 9.78 Å². The second kappa shape index (κ2) is 5.90. The molecule has 0 unspecified atom stereocenters. The molecular weight excluding hydrogens is 323 g/mol. The minimum absolute atomic E-state index is 0.0677. The zero-order valence-corrected chi connectivity index (χ0v) is 12.3. The van der Waals surface area contributed by atoms with Gasteiger partial charge in [0.1, 0.15) is 11.6 Å². The smallest absolute Gasteiger partial charge is 0.164 e. The van der Waals surface area contributed by atoms with Crippen LogP contribution in [0, 0.1) is 11.3 Å². The molecule has 0 amide bonds. The number of nitrogens with zero attached hydrogens (tertiary/aromatic N) is 3. The van der Waals surface area contributed by atoms with E-state index in [1.54, 1.807) is 12.1 Å². The molecule has 1 heterocycles. The summed E-state index contributed by atoms with van der Waals surface area (Å²) in [5.74, 6) is 0.0677. The number of nitrogen functional groups attached to an aromatic ring is 1. The fourth-order valence-electron chi connectivity index (χ4n) is 1.81. The molecule has 20 heavy (non-hydrogen) atoms. The van der Waals surface area contributed by atoms with Gasteiger partial charge in [0.25, 0.3) is 0 Å². The van der Waals surface area contributed by atoms with Gasteiger partial charge in [0.2, 0.25) is 0 Å². The molecular formula is C12H9Cl3N4O. The van der Waals surface area contributed by atoms with Gasteiger partial charge in [0, 0.05) is 13.0 Å². The summed E-state index contributed by atoms with van der Waals surface area (Å²) in [7, 11) is 0. The highest BCUT2D eigenvalue weighted by atomic mass is 35.5. The number of aromatic nitrogens is 2. The molecule has 0 bridgehead atoms. The lowest BCUT2D eigenvalue weighted by Crippen LogP contribution is -2.06. The summed E-state index contributed by atoms with van der Waals surface area (Å²) in [4.78, 5) is 0. The van der Waals surface area contributed by atoms with E-state index in [4.69, 9.17) is 50.9 Å². The third kappa shape index (κ3) is 2.43. The number of benzene rings is 1. The number of hydrogen-bond acceptors (Lipinski definition) is 4. The van der Waals surface area contributed by atoms with Crippen molar-refractivity contribution in [2.75, 3.05) is 12.3 Å². The summed E-state index contributed by atoms with van der Waals surface area (Å²) >= 11 is 18.0. The highest BCUT2D eigenvalue weighted by molar-refractivity contribution is 6.48. The number of rotatable bonds is 3. The second-order valence-electron chi connectivity index (χ2n) is 3.90. The summed E-state index contributed by atoms with van der Waals surface area (Å²) in [6, 6.07) is 5.15. The van der Waals surface area contributed by atoms with E-state index < -0.39 is 0 Å². The minimum Gasteiger partial charge on any atom is -0.396 e. The predicted octanol–water partition coefficient (Wildman–Crippen LogP) is 2.82. The topological polar surface area (TPSA) is 87.9 Å². The van der Waals surface area contributed by atoms with Crippen LogP contribution in [0.15, 0.2) is 12.1 Å². The van der Waals surface area contributed by atoms with E-state index in [1.807, 2.05) is 6.07 Å². The van der Waals surface area contributed by atoms with Gasteiger partial charge in [-0.15, -0.1) is 5.10 Å².